The van der Waals surface area contributed by atoms with Crippen molar-refractivity contribution in [1.82, 2.24) is 14.8 Å². The first-order valence-electron chi connectivity index (χ1n) is 14.5. The minimum absolute atomic E-state index is 0.00113. The number of ether oxygens (including phenoxy) is 3. The Bertz CT molecular complexity index is 1560. The van der Waals surface area contributed by atoms with Gasteiger partial charge >= 0.3 is 6.16 Å². The molecule has 0 radical (unpaired) electrons. The van der Waals surface area contributed by atoms with Crippen LogP contribution in [0.5, 0.6) is 5.75 Å². The van der Waals surface area contributed by atoms with E-state index in [1.54, 1.807) is 4.90 Å². The number of fused-ring (bicyclic) bond motifs is 5. The Balaban J connectivity index is 1.53. The molecule has 0 aliphatic carbocycles. The summed E-state index contributed by atoms with van der Waals surface area (Å²) < 4.78 is 44.7. The van der Waals surface area contributed by atoms with Gasteiger partial charge in [0.25, 0.3) is 11.8 Å². The monoisotopic (exact) mass is 616 g/mol. The van der Waals surface area contributed by atoms with Crippen molar-refractivity contribution >= 4 is 23.7 Å². The highest BCUT2D eigenvalue weighted by molar-refractivity contribution is 5.99. The molecule has 12 nitrogen and oxygen atoms in total. The van der Waals surface area contributed by atoms with Crippen molar-refractivity contribution in [2.24, 2.45) is 5.16 Å². The number of hydrogen-bond donors (Lipinski definition) is 1. The van der Waals surface area contributed by atoms with Crippen molar-refractivity contribution in [3.63, 3.8) is 0 Å². The third kappa shape index (κ3) is 5.97. The Morgan fingerprint density at radius 2 is 2.02 bits per heavy atom. The summed E-state index contributed by atoms with van der Waals surface area (Å²) in [5.41, 5.74) is -1.57. The standard InChI is InChI=1S/C30H34F2N4O8/c1-4-5-10-41-29(40)43-16-42-26-24-28(39)35-15-23(30(9-8-18(35)3)12-17(2)34-44-30)36(24)14-21(25(26)37)27(38)33-13-19-6-7-20(31)11-22(19)32/h6-7,11,14,18,23H,4-5,8-10,12-13,15-16H2,1-3H3,(H,33,38)/t18-,23+,30-/m0/s1. The summed E-state index contributed by atoms with van der Waals surface area (Å²) in [6.45, 7) is 4.90. The molecule has 44 heavy (non-hydrogen) atoms. The van der Waals surface area contributed by atoms with Crippen LogP contribution in [0.2, 0.25) is 0 Å². The van der Waals surface area contributed by atoms with Crippen LogP contribution in [0.4, 0.5) is 13.6 Å². The van der Waals surface area contributed by atoms with E-state index in [1.165, 1.54) is 16.8 Å². The molecule has 5 rings (SSSR count). The molecule has 4 heterocycles. The number of oxime groups is 1. The van der Waals surface area contributed by atoms with E-state index in [2.05, 4.69) is 10.5 Å². The lowest BCUT2D eigenvalue weighted by molar-refractivity contribution is -0.0658. The van der Waals surface area contributed by atoms with Gasteiger partial charge in [-0.3, -0.25) is 14.4 Å². The van der Waals surface area contributed by atoms with Gasteiger partial charge in [0.15, 0.2) is 11.3 Å². The molecular weight excluding hydrogens is 582 g/mol. The molecule has 14 heteroatoms. The number of nitrogens with zero attached hydrogens (tertiary/aromatic N) is 3. The van der Waals surface area contributed by atoms with Crippen LogP contribution in [0, 0.1) is 11.6 Å². The largest absolute Gasteiger partial charge is 0.511 e. The highest BCUT2D eigenvalue weighted by Crippen LogP contribution is 2.46. The number of halogens is 2. The van der Waals surface area contributed by atoms with Crippen LogP contribution >= 0.6 is 0 Å². The van der Waals surface area contributed by atoms with E-state index < -0.39 is 64.8 Å². The first-order chi connectivity index (χ1) is 21.0. The van der Waals surface area contributed by atoms with Crippen molar-refractivity contribution < 1.29 is 42.2 Å². The molecule has 0 unspecified atom stereocenters. The van der Waals surface area contributed by atoms with Gasteiger partial charge in [0.05, 0.1) is 18.4 Å². The minimum atomic E-state index is -1.02. The highest BCUT2D eigenvalue weighted by atomic mass is 19.1. The van der Waals surface area contributed by atoms with Gasteiger partial charge in [-0.2, -0.15) is 0 Å². The molecule has 0 saturated carbocycles. The lowest BCUT2D eigenvalue weighted by atomic mass is 9.84. The van der Waals surface area contributed by atoms with Crippen LogP contribution in [0.15, 0.2) is 34.3 Å². The Kier molecular flexibility index (Phi) is 8.88. The fourth-order valence-corrected chi connectivity index (χ4v) is 5.82. The van der Waals surface area contributed by atoms with E-state index in [0.29, 0.717) is 31.7 Å². The molecule has 1 N–H and O–H groups in total. The Labute approximate surface area is 251 Å². The van der Waals surface area contributed by atoms with Crippen LogP contribution < -0.4 is 15.5 Å². The number of rotatable bonds is 9. The summed E-state index contributed by atoms with van der Waals surface area (Å²) in [6.07, 6.45) is 3.28. The Hall–Kier alpha value is -4.49. The number of nitrogens with one attached hydrogen (secondary N) is 1. The molecule has 2 bridgehead atoms. The van der Waals surface area contributed by atoms with E-state index in [1.807, 2.05) is 20.8 Å². The molecule has 2 aromatic rings. The molecule has 3 aliphatic rings. The van der Waals surface area contributed by atoms with Crippen molar-refractivity contribution in [3.8, 4) is 5.75 Å². The topological polar surface area (TPSA) is 138 Å². The Morgan fingerprint density at radius 3 is 2.73 bits per heavy atom. The number of benzene rings is 1. The molecule has 236 valence electrons. The van der Waals surface area contributed by atoms with Crippen LogP contribution in [0.1, 0.15) is 85.3 Å². The maximum absolute atomic E-state index is 14.2. The normalized spacial score (nSPS) is 22.1. The molecule has 3 atom stereocenters. The number of aromatic nitrogens is 1. The average molecular weight is 617 g/mol. The summed E-state index contributed by atoms with van der Waals surface area (Å²) in [4.78, 5) is 60.7. The number of hydrogen-bond acceptors (Lipinski definition) is 9. The lowest BCUT2D eigenvalue weighted by Crippen LogP contribution is -2.52. The first-order valence-corrected chi connectivity index (χ1v) is 14.5. The van der Waals surface area contributed by atoms with E-state index in [4.69, 9.17) is 19.0 Å². The minimum Gasteiger partial charge on any atom is -0.451 e. The van der Waals surface area contributed by atoms with Crippen molar-refractivity contribution in [2.75, 3.05) is 19.9 Å². The third-order valence-corrected chi connectivity index (χ3v) is 8.22. The van der Waals surface area contributed by atoms with Crippen LogP contribution in [-0.4, -0.2) is 64.7 Å². The fraction of sp³-hybridized carbons (Fsp3) is 0.500. The summed E-state index contributed by atoms with van der Waals surface area (Å²) in [5.74, 6) is -3.52. The molecule has 1 saturated heterocycles. The zero-order valence-corrected chi connectivity index (χ0v) is 24.7. The summed E-state index contributed by atoms with van der Waals surface area (Å²) in [6, 6.07) is 2.14. The predicted molar refractivity (Wildman–Crippen MR) is 151 cm³/mol. The predicted octanol–water partition coefficient (Wildman–Crippen LogP) is 4.06. The average Bonchev–Trinajstić information content (AvgIpc) is 3.32. The number of carbonyl (C=O) groups is 3. The number of amides is 2. The molecule has 3 aliphatic heterocycles. The van der Waals surface area contributed by atoms with Crippen LogP contribution in [0.25, 0.3) is 0 Å². The van der Waals surface area contributed by atoms with E-state index in [-0.39, 0.29) is 37.0 Å². The number of unbranched alkanes of at least 4 members (excludes halogenated alkanes) is 1. The zero-order valence-electron chi connectivity index (χ0n) is 24.7. The number of carbonyl (C=O) groups excluding carboxylic acids is 3. The second kappa shape index (κ2) is 12.6. The number of pyridine rings is 1. The Morgan fingerprint density at radius 1 is 1.23 bits per heavy atom. The molecule has 1 aromatic heterocycles. The first kappa shape index (κ1) is 31.0. The van der Waals surface area contributed by atoms with E-state index >= 15 is 0 Å². The molecule has 1 spiro atoms. The van der Waals surface area contributed by atoms with E-state index in [9.17, 15) is 28.0 Å². The van der Waals surface area contributed by atoms with Crippen molar-refractivity contribution in [2.45, 2.75) is 77.1 Å². The molecular formula is C30H34F2N4O8. The zero-order chi connectivity index (χ0) is 31.6. The van der Waals surface area contributed by atoms with Gasteiger partial charge in [-0.15, -0.1) is 0 Å². The van der Waals surface area contributed by atoms with Gasteiger partial charge < -0.3 is 33.8 Å². The third-order valence-electron chi connectivity index (χ3n) is 8.22. The van der Waals surface area contributed by atoms with Gasteiger partial charge in [0.2, 0.25) is 18.0 Å². The van der Waals surface area contributed by atoms with Gasteiger partial charge in [-0.25, -0.2) is 13.6 Å². The SMILES string of the molecule is CCCCOC(=O)OCOc1c2n(cc(C(=O)NCc3ccc(F)cc3F)c1=O)[C@@H]1CN(C2=O)[C@@H](C)CC[C@]12CC(C)=NO2. The second-order valence-electron chi connectivity index (χ2n) is 11.3. The molecule has 1 fully saturated rings. The molecule has 2 amide bonds. The van der Waals surface area contributed by atoms with Gasteiger partial charge in [0, 0.05) is 43.4 Å². The second-order valence-corrected chi connectivity index (χ2v) is 11.3. The summed E-state index contributed by atoms with van der Waals surface area (Å²) in [5, 5.41) is 6.67. The highest BCUT2D eigenvalue weighted by Gasteiger charge is 2.54. The van der Waals surface area contributed by atoms with Gasteiger partial charge in [0.1, 0.15) is 17.2 Å². The smallest absolute Gasteiger partial charge is 0.451 e. The quantitative estimate of drug-likeness (QED) is 0.253. The van der Waals surface area contributed by atoms with E-state index in [0.717, 1.165) is 18.2 Å². The van der Waals surface area contributed by atoms with Crippen LogP contribution in [-0.2, 0) is 20.9 Å². The van der Waals surface area contributed by atoms with Gasteiger partial charge in [-0.05, 0) is 39.2 Å². The molecule has 1 aromatic carbocycles. The van der Waals surface area contributed by atoms with Crippen molar-refractivity contribution in [3.05, 3.63) is 63.1 Å². The summed E-state index contributed by atoms with van der Waals surface area (Å²) in [7, 11) is 0. The van der Waals surface area contributed by atoms with Crippen LogP contribution in [0.3, 0.4) is 0 Å². The maximum Gasteiger partial charge on any atom is 0.511 e. The summed E-state index contributed by atoms with van der Waals surface area (Å²) >= 11 is 0. The fourth-order valence-electron chi connectivity index (χ4n) is 5.82. The van der Waals surface area contributed by atoms with Crippen molar-refractivity contribution in [1.29, 1.82) is 0 Å². The lowest BCUT2D eigenvalue weighted by Gasteiger charge is -2.42. The maximum atomic E-state index is 14.2. The van der Waals surface area contributed by atoms with Gasteiger partial charge in [-0.1, -0.05) is 24.6 Å².